The van der Waals surface area contributed by atoms with E-state index in [4.69, 9.17) is 5.73 Å². The zero-order valence-electron chi connectivity index (χ0n) is 25.9. The van der Waals surface area contributed by atoms with Crippen molar-refractivity contribution in [3.8, 4) is 0 Å². The summed E-state index contributed by atoms with van der Waals surface area (Å²) in [5.74, 6) is -1.09. The molecular formula is C34H26N6O8S2. The number of fused-ring (bicyclic) bond motifs is 2. The number of nitrogens with zero attached hydrogens (tertiary/aromatic N) is 3. The fourth-order valence-corrected chi connectivity index (χ4v) is 6.23. The molecule has 0 saturated carbocycles. The highest BCUT2D eigenvalue weighted by Gasteiger charge is 2.33. The fraction of sp³-hybridized carbons (Fsp3) is 0.0294. The van der Waals surface area contributed by atoms with Gasteiger partial charge in [-0.3, -0.25) is 24.1 Å². The molecule has 252 valence electrons. The Morgan fingerprint density at radius 3 is 2.16 bits per heavy atom. The first kappa shape index (κ1) is 33.8. The van der Waals surface area contributed by atoms with E-state index in [1.807, 2.05) is 0 Å². The molecule has 14 nitrogen and oxygen atoms in total. The number of rotatable bonds is 8. The Hall–Kier alpha value is -6.07. The van der Waals surface area contributed by atoms with Gasteiger partial charge in [0, 0.05) is 22.5 Å². The van der Waals surface area contributed by atoms with Crippen molar-refractivity contribution < 1.29 is 35.5 Å². The zero-order chi connectivity index (χ0) is 35.8. The van der Waals surface area contributed by atoms with Crippen LogP contribution >= 0.6 is 0 Å². The number of amides is 1. The number of nitrogens with two attached hydrogens (primary N) is 1. The Balaban J connectivity index is 1.22. The van der Waals surface area contributed by atoms with Crippen LogP contribution in [0.4, 0.5) is 28.4 Å². The lowest BCUT2D eigenvalue weighted by molar-refractivity contribution is 0.102. The van der Waals surface area contributed by atoms with Crippen molar-refractivity contribution in [1.29, 1.82) is 0 Å². The minimum Gasteiger partial charge on any atom is -0.399 e. The number of carbonyl (C=O) groups is 2. The number of hydrogen-bond donors (Lipinski definition) is 5. The number of hydrazone groups is 1. The maximum absolute atomic E-state index is 13.4. The quantitative estimate of drug-likeness (QED) is 0.0505. The summed E-state index contributed by atoms with van der Waals surface area (Å²) in [5, 5.41) is 16.3. The van der Waals surface area contributed by atoms with Gasteiger partial charge >= 0.3 is 0 Å². The average molecular weight is 711 g/mol. The minimum absolute atomic E-state index is 0.102. The first-order valence-corrected chi connectivity index (χ1v) is 17.5. The lowest BCUT2D eigenvalue weighted by Gasteiger charge is -2.16. The van der Waals surface area contributed by atoms with Crippen molar-refractivity contribution in [2.24, 2.45) is 15.3 Å². The highest BCUT2D eigenvalue weighted by Crippen LogP contribution is 2.31. The average Bonchev–Trinajstić information content (AvgIpc) is 3.06. The van der Waals surface area contributed by atoms with Crippen LogP contribution in [-0.2, 0) is 20.2 Å². The molecule has 6 N–H and O–H groups in total. The van der Waals surface area contributed by atoms with Gasteiger partial charge in [-0.2, -0.15) is 32.2 Å². The maximum Gasteiger partial charge on any atom is 0.296 e. The molecule has 1 aliphatic carbocycles. The molecule has 0 fully saturated rings. The Morgan fingerprint density at radius 1 is 0.760 bits per heavy atom. The number of benzene rings is 5. The van der Waals surface area contributed by atoms with Crippen LogP contribution in [0, 0.1) is 6.92 Å². The number of nitrogens with one attached hydrogen (secondary N) is 2. The van der Waals surface area contributed by atoms with Crippen LogP contribution in [0.1, 0.15) is 31.8 Å². The SMILES string of the molecule is Cc1cc(NC(=O)c2ccc(N)cc2)ccc1N=Nc1ccc2c(c1)C=C(S(=O)(=O)O)C(=NNc1ccc3cc(S(=O)(=O)O)ccc3c1)C2=O. The highest BCUT2D eigenvalue weighted by atomic mass is 32.2. The van der Waals surface area contributed by atoms with Gasteiger partial charge in [-0.25, -0.2) is 0 Å². The summed E-state index contributed by atoms with van der Waals surface area (Å²) in [5.41, 5.74) is 11.3. The molecule has 0 radical (unpaired) electrons. The molecule has 0 aromatic heterocycles. The molecule has 5 aromatic rings. The fourth-order valence-electron chi connectivity index (χ4n) is 5.06. The summed E-state index contributed by atoms with van der Waals surface area (Å²) in [7, 11) is -9.32. The van der Waals surface area contributed by atoms with Crippen LogP contribution in [0.2, 0.25) is 0 Å². The van der Waals surface area contributed by atoms with Gasteiger partial charge in [0.25, 0.3) is 26.1 Å². The Labute approximate surface area is 285 Å². The van der Waals surface area contributed by atoms with Gasteiger partial charge in [-0.05, 0) is 120 Å². The van der Waals surface area contributed by atoms with E-state index in [9.17, 15) is 35.5 Å². The van der Waals surface area contributed by atoms with Crippen molar-refractivity contribution in [2.45, 2.75) is 11.8 Å². The Bertz CT molecular complexity index is 2550. The monoisotopic (exact) mass is 710 g/mol. The summed E-state index contributed by atoms with van der Waals surface area (Å²) in [6.45, 7) is 1.78. The van der Waals surface area contributed by atoms with Gasteiger partial charge < -0.3 is 11.1 Å². The van der Waals surface area contributed by atoms with Crippen molar-refractivity contribution in [3.05, 3.63) is 124 Å². The van der Waals surface area contributed by atoms with Gasteiger partial charge in [0.15, 0.2) is 5.71 Å². The van der Waals surface area contributed by atoms with Gasteiger partial charge in [-0.1, -0.05) is 12.1 Å². The van der Waals surface area contributed by atoms with Crippen molar-refractivity contribution in [1.82, 2.24) is 0 Å². The summed E-state index contributed by atoms with van der Waals surface area (Å²) in [6.07, 6.45) is 1.10. The summed E-state index contributed by atoms with van der Waals surface area (Å²) >= 11 is 0. The van der Waals surface area contributed by atoms with E-state index >= 15 is 0 Å². The molecule has 0 unspecified atom stereocenters. The standard InChI is InChI=1S/C34H26N6O8S2/c1-19-14-25(36-34(42)20-2-6-24(35)7-3-20)10-13-30(19)39-37-27-9-12-29-23(16-27)18-31(50(46,47)48)32(33(29)41)40-38-26-8-4-22-17-28(49(43,44)45)11-5-21(22)15-26/h2-18,38H,35H2,1H3,(H,36,42)(H,43,44,45)(H,46,47,48). The van der Waals surface area contributed by atoms with Crippen LogP contribution in [0.25, 0.3) is 16.8 Å². The zero-order valence-corrected chi connectivity index (χ0v) is 27.5. The van der Waals surface area contributed by atoms with E-state index in [-0.39, 0.29) is 27.6 Å². The number of hydrogen-bond acceptors (Lipinski definition) is 11. The van der Waals surface area contributed by atoms with Crippen LogP contribution in [0.5, 0.6) is 0 Å². The van der Waals surface area contributed by atoms with Crippen LogP contribution < -0.4 is 16.5 Å². The van der Waals surface area contributed by atoms with Crippen LogP contribution in [0.3, 0.4) is 0 Å². The third-order valence-electron chi connectivity index (χ3n) is 7.60. The molecule has 0 bridgehead atoms. The lowest BCUT2D eigenvalue weighted by Crippen LogP contribution is -2.27. The number of aryl methyl sites for hydroxylation is 1. The van der Waals surface area contributed by atoms with E-state index in [0.29, 0.717) is 44.6 Å². The Kier molecular flexibility index (Phi) is 8.85. The third-order valence-corrected chi connectivity index (χ3v) is 9.32. The molecule has 50 heavy (non-hydrogen) atoms. The molecule has 0 spiro atoms. The lowest BCUT2D eigenvalue weighted by atomic mass is 9.94. The normalized spacial score (nSPS) is 14.1. The van der Waals surface area contributed by atoms with Crippen LogP contribution in [0.15, 0.2) is 122 Å². The second-order valence-corrected chi connectivity index (χ2v) is 13.9. The highest BCUT2D eigenvalue weighted by molar-refractivity contribution is 7.91. The smallest absolute Gasteiger partial charge is 0.296 e. The van der Waals surface area contributed by atoms with Crippen molar-refractivity contribution in [2.75, 3.05) is 16.5 Å². The molecule has 5 aromatic carbocycles. The molecular weight excluding hydrogens is 685 g/mol. The van der Waals surface area contributed by atoms with Gasteiger partial charge in [0.1, 0.15) is 4.91 Å². The van der Waals surface area contributed by atoms with E-state index in [2.05, 4.69) is 26.1 Å². The predicted octanol–water partition coefficient (Wildman–Crippen LogP) is 6.54. The number of azo groups is 1. The molecule has 1 aliphatic rings. The summed E-state index contributed by atoms with van der Waals surface area (Å²) in [6, 6.07) is 24.5. The first-order valence-electron chi connectivity index (χ1n) is 14.6. The number of nitrogen functional groups attached to an aromatic ring is 1. The molecule has 0 saturated heterocycles. The second-order valence-electron chi connectivity index (χ2n) is 11.1. The molecule has 0 atom stereocenters. The number of anilines is 3. The third kappa shape index (κ3) is 7.32. The first-order chi connectivity index (χ1) is 23.7. The van der Waals surface area contributed by atoms with Crippen molar-refractivity contribution in [3.63, 3.8) is 0 Å². The number of ketones is 1. The molecule has 0 aliphatic heterocycles. The minimum atomic E-state index is -4.92. The maximum atomic E-state index is 13.4. The van der Waals surface area contributed by atoms with Crippen molar-refractivity contribution >= 4 is 82.9 Å². The predicted molar refractivity (Wildman–Crippen MR) is 189 cm³/mol. The summed E-state index contributed by atoms with van der Waals surface area (Å²) in [4.78, 5) is 25.0. The van der Waals surface area contributed by atoms with Crippen LogP contribution in [-0.4, -0.2) is 43.3 Å². The largest absolute Gasteiger partial charge is 0.399 e. The van der Waals surface area contributed by atoms with E-state index in [1.54, 1.807) is 55.5 Å². The number of Topliss-reactive ketones (excluding diaryl/α,β-unsaturated/α-hetero) is 1. The van der Waals surface area contributed by atoms with E-state index in [1.165, 1.54) is 48.5 Å². The Morgan fingerprint density at radius 2 is 1.46 bits per heavy atom. The summed E-state index contributed by atoms with van der Waals surface area (Å²) < 4.78 is 66.9. The molecule has 1 amide bonds. The van der Waals surface area contributed by atoms with Gasteiger partial charge in [0.05, 0.1) is 22.0 Å². The number of allylic oxidation sites excluding steroid dienone is 1. The second kappa shape index (κ2) is 13.1. The number of carbonyl (C=O) groups excluding carboxylic acids is 2. The van der Waals surface area contributed by atoms with E-state index in [0.717, 1.165) is 6.08 Å². The molecule has 16 heteroatoms. The van der Waals surface area contributed by atoms with Gasteiger partial charge in [-0.15, -0.1) is 0 Å². The molecule has 0 heterocycles. The van der Waals surface area contributed by atoms with E-state index < -0.39 is 36.6 Å². The van der Waals surface area contributed by atoms with Gasteiger partial charge in [0.2, 0.25) is 5.78 Å². The molecule has 6 rings (SSSR count). The topological polar surface area (TPSA) is 230 Å².